The average molecular weight is 283 g/mol. The fourth-order valence-corrected chi connectivity index (χ4v) is 2.16. The van der Waals surface area contributed by atoms with Crippen molar-refractivity contribution in [3.63, 3.8) is 0 Å². The van der Waals surface area contributed by atoms with Crippen LogP contribution in [0.1, 0.15) is 21.6 Å². The quantitative estimate of drug-likeness (QED) is 0.803. The van der Waals surface area contributed by atoms with Crippen molar-refractivity contribution < 1.29 is 9.18 Å². The summed E-state index contributed by atoms with van der Waals surface area (Å²) in [6.07, 6.45) is 3.80. The molecule has 0 radical (unpaired) electrons. The van der Waals surface area contributed by atoms with E-state index in [0.717, 1.165) is 16.9 Å². The van der Waals surface area contributed by atoms with Gasteiger partial charge in [-0.1, -0.05) is 6.07 Å². The molecule has 21 heavy (non-hydrogen) atoms. The number of carbonyl (C=O) groups is 1. The van der Waals surface area contributed by atoms with E-state index in [4.69, 9.17) is 0 Å². The summed E-state index contributed by atoms with van der Waals surface area (Å²) < 4.78 is 14.7. The second kappa shape index (κ2) is 5.36. The molecule has 0 saturated carbocycles. The molecule has 5 heteroatoms. The first kappa shape index (κ1) is 13.3. The molecule has 3 rings (SSSR count). The highest BCUT2D eigenvalue weighted by Crippen LogP contribution is 2.10. The Balaban J connectivity index is 1.72. The molecule has 0 saturated heterocycles. The zero-order chi connectivity index (χ0) is 14.8. The maximum atomic E-state index is 12.8. The van der Waals surface area contributed by atoms with Gasteiger partial charge in [-0.25, -0.2) is 9.37 Å². The summed E-state index contributed by atoms with van der Waals surface area (Å²) >= 11 is 0. The lowest BCUT2D eigenvalue weighted by Crippen LogP contribution is -2.22. The molecule has 106 valence electrons. The van der Waals surface area contributed by atoms with Crippen LogP contribution in [0, 0.1) is 12.7 Å². The Hall–Kier alpha value is -2.69. The Morgan fingerprint density at radius 2 is 2.05 bits per heavy atom. The molecular weight excluding hydrogens is 269 g/mol. The fraction of sp³-hybridized carbons (Fsp3) is 0.125. The number of hydrogen-bond acceptors (Lipinski definition) is 2. The van der Waals surface area contributed by atoms with Crippen LogP contribution in [0.2, 0.25) is 0 Å². The number of aryl methyl sites for hydroxylation is 1. The van der Waals surface area contributed by atoms with Crippen molar-refractivity contribution in [2.24, 2.45) is 0 Å². The van der Waals surface area contributed by atoms with Gasteiger partial charge in [0.25, 0.3) is 5.91 Å². The average Bonchev–Trinajstić information content (AvgIpc) is 2.90. The van der Waals surface area contributed by atoms with Gasteiger partial charge >= 0.3 is 0 Å². The third kappa shape index (κ3) is 2.76. The molecule has 2 aromatic heterocycles. The summed E-state index contributed by atoms with van der Waals surface area (Å²) in [5, 5.41) is 2.78. The lowest BCUT2D eigenvalue weighted by molar-refractivity contribution is 0.0950. The van der Waals surface area contributed by atoms with Gasteiger partial charge in [-0.3, -0.25) is 4.79 Å². The van der Waals surface area contributed by atoms with Crippen LogP contribution >= 0.6 is 0 Å². The zero-order valence-electron chi connectivity index (χ0n) is 11.5. The molecule has 0 bridgehead atoms. The van der Waals surface area contributed by atoms with Crippen molar-refractivity contribution in [1.29, 1.82) is 0 Å². The fourth-order valence-electron chi connectivity index (χ4n) is 2.16. The van der Waals surface area contributed by atoms with Crippen molar-refractivity contribution in [3.05, 3.63) is 71.4 Å². The van der Waals surface area contributed by atoms with Gasteiger partial charge < -0.3 is 9.72 Å². The number of nitrogens with zero attached hydrogens (tertiary/aromatic N) is 2. The zero-order valence-corrected chi connectivity index (χ0v) is 11.5. The lowest BCUT2D eigenvalue weighted by atomic mass is 10.2. The van der Waals surface area contributed by atoms with E-state index >= 15 is 0 Å². The molecule has 2 heterocycles. The predicted molar refractivity (Wildman–Crippen MR) is 77.5 cm³/mol. The number of imidazole rings is 1. The van der Waals surface area contributed by atoms with Crippen LogP contribution in [0.25, 0.3) is 5.65 Å². The molecular formula is C16H14FN3O. The summed E-state index contributed by atoms with van der Waals surface area (Å²) in [4.78, 5) is 16.4. The number of rotatable bonds is 3. The number of amides is 1. The van der Waals surface area contributed by atoms with Gasteiger partial charge in [0.1, 0.15) is 11.5 Å². The molecule has 0 aliphatic heterocycles. The normalized spacial score (nSPS) is 10.8. The molecule has 3 aromatic rings. The molecule has 1 amide bonds. The van der Waals surface area contributed by atoms with Gasteiger partial charge in [0.2, 0.25) is 0 Å². The molecule has 0 spiro atoms. The highest BCUT2D eigenvalue weighted by Gasteiger charge is 2.08. The lowest BCUT2D eigenvalue weighted by Gasteiger charge is -2.02. The number of aromatic nitrogens is 2. The van der Waals surface area contributed by atoms with Crippen molar-refractivity contribution in [3.8, 4) is 0 Å². The molecule has 0 fully saturated rings. The van der Waals surface area contributed by atoms with Crippen molar-refractivity contribution in [2.75, 3.05) is 0 Å². The molecule has 0 unspecified atom stereocenters. The maximum absolute atomic E-state index is 12.8. The Morgan fingerprint density at radius 3 is 2.76 bits per heavy atom. The topological polar surface area (TPSA) is 46.4 Å². The maximum Gasteiger partial charge on any atom is 0.251 e. The minimum absolute atomic E-state index is 0.247. The van der Waals surface area contributed by atoms with Crippen LogP contribution in [0.15, 0.2) is 48.8 Å². The van der Waals surface area contributed by atoms with E-state index in [9.17, 15) is 9.18 Å². The molecule has 0 atom stereocenters. The molecule has 4 nitrogen and oxygen atoms in total. The SMILES string of the molecule is Cc1cccn2cc(CNC(=O)c3ccc(F)cc3)nc12. The van der Waals surface area contributed by atoms with Crippen LogP contribution in [0.3, 0.4) is 0 Å². The van der Waals surface area contributed by atoms with E-state index in [1.165, 1.54) is 24.3 Å². The van der Waals surface area contributed by atoms with E-state index < -0.39 is 0 Å². The van der Waals surface area contributed by atoms with Gasteiger partial charge in [-0.15, -0.1) is 0 Å². The van der Waals surface area contributed by atoms with Crippen LogP contribution < -0.4 is 5.32 Å². The highest BCUT2D eigenvalue weighted by molar-refractivity contribution is 5.94. The number of pyridine rings is 1. The summed E-state index contributed by atoms with van der Waals surface area (Å²) in [6.45, 7) is 2.32. The smallest absolute Gasteiger partial charge is 0.251 e. The molecule has 1 N–H and O–H groups in total. The van der Waals surface area contributed by atoms with Crippen molar-refractivity contribution in [1.82, 2.24) is 14.7 Å². The number of halogens is 1. The summed E-state index contributed by atoms with van der Waals surface area (Å²) in [5.41, 5.74) is 3.16. The van der Waals surface area contributed by atoms with E-state index in [1.807, 2.05) is 35.9 Å². The third-order valence-electron chi connectivity index (χ3n) is 3.26. The largest absolute Gasteiger partial charge is 0.346 e. The number of benzene rings is 1. The summed E-state index contributed by atoms with van der Waals surface area (Å²) in [6, 6.07) is 9.39. The first-order valence-electron chi connectivity index (χ1n) is 6.60. The standard InChI is InChI=1S/C16H14FN3O/c1-11-3-2-8-20-10-14(19-15(11)20)9-18-16(21)12-4-6-13(17)7-5-12/h2-8,10H,9H2,1H3,(H,18,21). The van der Waals surface area contributed by atoms with Gasteiger partial charge in [0, 0.05) is 18.0 Å². The monoisotopic (exact) mass is 283 g/mol. The number of hydrogen-bond donors (Lipinski definition) is 1. The number of nitrogens with one attached hydrogen (secondary N) is 1. The summed E-state index contributed by atoms with van der Waals surface area (Å²) in [7, 11) is 0. The number of carbonyl (C=O) groups excluding carboxylic acids is 1. The Labute approximate surface area is 121 Å². The van der Waals surface area contributed by atoms with Crippen LogP contribution in [-0.2, 0) is 6.54 Å². The highest BCUT2D eigenvalue weighted by atomic mass is 19.1. The Morgan fingerprint density at radius 1 is 1.29 bits per heavy atom. The van der Waals surface area contributed by atoms with E-state index in [1.54, 1.807) is 0 Å². The molecule has 1 aromatic carbocycles. The minimum Gasteiger partial charge on any atom is -0.346 e. The van der Waals surface area contributed by atoms with Gasteiger partial charge in [-0.05, 0) is 42.8 Å². The van der Waals surface area contributed by atoms with Crippen LogP contribution in [-0.4, -0.2) is 15.3 Å². The van der Waals surface area contributed by atoms with E-state index in [-0.39, 0.29) is 11.7 Å². The second-order valence-corrected chi connectivity index (χ2v) is 4.84. The first-order chi connectivity index (χ1) is 10.1. The third-order valence-corrected chi connectivity index (χ3v) is 3.26. The second-order valence-electron chi connectivity index (χ2n) is 4.84. The summed E-state index contributed by atoms with van der Waals surface area (Å²) in [5.74, 6) is -0.605. The van der Waals surface area contributed by atoms with Crippen LogP contribution in [0.4, 0.5) is 4.39 Å². The Bertz CT molecular complexity index is 793. The molecule has 0 aliphatic rings. The number of fused-ring (bicyclic) bond motifs is 1. The van der Waals surface area contributed by atoms with E-state index in [2.05, 4.69) is 10.3 Å². The predicted octanol–water partition coefficient (Wildman–Crippen LogP) is 2.71. The Kier molecular flexibility index (Phi) is 3.39. The van der Waals surface area contributed by atoms with Gasteiger partial charge in [0.05, 0.1) is 12.2 Å². The van der Waals surface area contributed by atoms with Gasteiger partial charge in [0.15, 0.2) is 0 Å². The van der Waals surface area contributed by atoms with Crippen LogP contribution in [0.5, 0.6) is 0 Å². The van der Waals surface area contributed by atoms with Crippen molar-refractivity contribution in [2.45, 2.75) is 13.5 Å². The van der Waals surface area contributed by atoms with Crippen molar-refractivity contribution >= 4 is 11.6 Å². The molecule has 0 aliphatic carbocycles. The minimum atomic E-state index is -0.359. The van der Waals surface area contributed by atoms with E-state index in [0.29, 0.717) is 12.1 Å². The van der Waals surface area contributed by atoms with Gasteiger partial charge in [-0.2, -0.15) is 0 Å². The first-order valence-corrected chi connectivity index (χ1v) is 6.60.